The number of fused-ring (bicyclic) bond motifs is 1. The molecule has 0 spiro atoms. The van der Waals surface area contributed by atoms with Gasteiger partial charge >= 0.3 is 0 Å². The smallest absolute Gasteiger partial charge is 0.223 e. The molecule has 30 heavy (non-hydrogen) atoms. The molecule has 1 N–H and O–H groups in total. The molecule has 160 valence electrons. The zero-order valence-corrected chi connectivity index (χ0v) is 18.0. The van der Waals surface area contributed by atoms with E-state index < -0.39 is 0 Å². The van der Waals surface area contributed by atoms with E-state index >= 15 is 0 Å². The summed E-state index contributed by atoms with van der Waals surface area (Å²) in [5.41, 5.74) is 1.54. The van der Waals surface area contributed by atoms with Gasteiger partial charge in [-0.25, -0.2) is 4.98 Å². The molecule has 0 bridgehead atoms. The van der Waals surface area contributed by atoms with Crippen molar-refractivity contribution in [3.63, 3.8) is 0 Å². The Morgan fingerprint density at radius 1 is 1.33 bits per heavy atom. The van der Waals surface area contributed by atoms with E-state index in [4.69, 9.17) is 20.9 Å². The molecule has 0 atom stereocenters. The number of aromatic amines is 1. The summed E-state index contributed by atoms with van der Waals surface area (Å²) in [6.07, 6.45) is 3.39. The third-order valence-electron chi connectivity index (χ3n) is 5.93. The number of H-pyrrole nitrogens is 1. The van der Waals surface area contributed by atoms with Gasteiger partial charge in [0.2, 0.25) is 11.8 Å². The molecular weight excluding hydrogens is 406 g/mol. The molecule has 0 unspecified atom stereocenters. The van der Waals surface area contributed by atoms with Crippen molar-refractivity contribution in [2.45, 2.75) is 44.4 Å². The van der Waals surface area contributed by atoms with Crippen molar-refractivity contribution < 1.29 is 14.1 Å². The lowest BCUT2D eigenvalue weighted by molar-refractivity contribution is -0.133. The van der Waals surface area contributed by atoms with Crippen LogP contribution in [-0.4, -0.2) is 57.7 Å². The standard InChI is InChI=1S/C21H26ClN5O3/c1-14-23-20(26-30-14)21(9-12-29-2)7-10-27(11-8-21)19(28)6-5-18-24-16-4-3-15(22)13-17(16)25-18/h3-4,13H,5-12H2,1-2H3,(H,24,25). The highest BCUT2D eigenvalue weighted by Gasteiger charge is 2.40. The van der Waals surface area contributed by atoms with Gasteiger partial charge in [-0.15, -0.1) is 0 Å². The van der Waals surface area contributed by atoms with Crippen LogP contribution in [0.2, 0.25) is 5.02 Å². The Bertz CT molecular complexity index is 1020. The fraction of sp³-hybridized carbons (Fsp3) is 0.524. The van der Waals surface area contributed by atoms with E-state index in [0.29, 0.717) is 43.5 Å². The number of benzene rings is 1. The maximum absolute atomic E-state index is 12.8. The molecule has 1 saturated heterocycles. The van der Waals surface area contributed by atoms with Gasteiger partial charge in [0, 0.05) is 57.0 Å². The van der Waals surface area contributed by atoms with Gasteiger partial charge < -0.3 is 19.1 Å². The molecule has 3 heterocycles. The van der Waals surface area contributed by atoms with Crippen molar-refractivity contribution in [3.05, 3.63) is 40.8 Å². The largest absolute Gasteiger partial charge is 0.385 e. The zero-order chi connectivity index (χ0) is 21.1. The van der Waals surface area contributed by atoms with Gasteiger partial charge in [-0.3, -0.25) is 4.79 Å². The number of imidazole rings is 1. The fourth-order valence-electron chi connectivity index (χ4n) is 4.12. The number of carbonyl (C=O) groups is 1. The summed E-state index contributed by atoms with van der Waals surface area (Å²) in [7, 11) is 1.69. The second kappa shape index (κ2) is 8.73. The molecule has 8 nitrogen and oxygen atoms in total. The Hall–Kier alpha value is -2.45. The minimum absolute atomic E-state index is 0.137. The number of hydrogen-bond donors (Lipinski definition) is 1. The molecule has 0 aliphatic carbocycles. The fourth-order valence-corrected chi connectivity index (χ4v) is 4.29. The highest BCUT2D eigenvalue weighted by molar-refractivity contribution is 6.31. The van der Waals surface area contributed by atoms with Gasteiger partial charge in [-0.05, 0) is 37.5 Å². The summed E-state index contributed by atoms with van der Waals surface area (Å²) < 4.78 is 10.5. The zero-order valence-electron chi connectivity index (χ0n) is 17.3. The minimum Gasteiger partial charge on any atom is -0.385 e. The monoisotopic (exact) mass is 431 g/mol. The number of aromatic nitrogens is 4. The molecule has 3 aromatic rings. The number of hydrogen-bond acceptors (Lipinski definition) is 6. The Morgan fingerprint density at radius 3 is 2.83 bits per heavy atom. The summed E-state index contributed by atoms with van der Waals surface area (Å²) in [5, 5.41) is 4.83. The Morgan fingerprint density at radius 2 is 2.13 bits per heavy atom. The van der Waals surface area contributed by atoms with Crippen molar-refractivity contribution in [3.8, 4) is 0 Å². The molecule has 1 fully saturated rings. The number of methoxy groups -OCH3 is 1. The summed E-state index contributed by atoms with van der Waals surface area (Å²) in [5.74, 6) is 2.23. The first-order valence-electron chi connectivity index (χ1n) is 10.2. The van der Waals surface area contributed by atoms with Gasteiger partial charge in [0.15, 0.2) is 5.82 Å². The number of amides is 1. The Kier molecular flexibility index (Phi) is 6.06. The van der Waals surface area contributed by atoms with Gasteiger partial charge in [0.05, 0.1) is 11.0 Å². The van der Waals surface area contributed by atoms with Gasteiger partial charge in [0.25, 0.3) is 0 Å². The molecule has 1 aliphatic heterocycles. The van der Waals surface area contributed by atoms with E-state index in [-0.39, 0.29) is 11.3 Å². The van der Waals surface area contributed by atoms with Crippen LogP contribution < -0.4 is 0 Å². The third-order valence-corrected chi connectivity index (χ3v) is 6.16. The first-order valence-corrected chi connectivity index (χ1v) is 10.6. The van der Waals surface area contributed by atoms with E-state index in [2.05, 4.69) is 20.1 Å². The van der Waals surface area contributed by atoms with Crippen molar-refractivity contribution in [2.75, 3.05) is 26.8 Å². The third kappa shape index (κ3) is 4.34. The molecule has 1 aromatic carbocycles. The van der Waals surface area contributed by atoms with Crippen LogP contribution >= 0.6 is 11.6 Å². The average molecular weight is 432 g/mol. The SMILES string of the molecule is COCCC1(c2noc(C)n2)CCN(C(=O)CCc2nc3ccc(Cl)cc3[nH]2)CC1. The number of nitrogens with zero attached hydrogens (tertiary/aromatic N) is 4. The maximum atomic E-state index is 12.8. The highest BCUT2D eigenvalue weighted by atomic mass is 35.5. The summed E-state index contributed by atoms with van der Waals surface area (Å²) in [6, 6.07) is 5.54. The second-order valence-electron chi connectivity index (χ2n) is 7.89. The van der Waals surface area contributed by atoms with Crippen molar-refractivity contribution in [1.82, 2.24) is 25.0 Å². The molecular formula is C21H26ClN5O3. The normalized spacial score (nSPS) is 16.3. The number of likely N-dealkylation sites (tertiary alicyclic amines) is 1. The number of halogens is 1. The van der Waals surface area contributed by atoms with Crippen LogP contribution in [0.3, 0.4) is 0 Å². The summed E-state index contributed by atoms with van der Waals surface area (Å²) in [6.45, 7) is 3.76. The number of nitrogens with one attached hydrogen (secondary N) is 1. The van der Waals surface area contributed by atoms with Crippen LogP contribution in [0, 0.1) is 6.92 Å². The molecule has 2 aromatic heterocycles. The van der Waals surface area contributed by atoms with E-state index in [1.165, 1.54) is 0 Å². The topological polar surface area (TPSA) is 97.1 Å². The quantitative estimate of drug-likeness (QED) is 0.615. The van der Waals surface area contributed by atoms with E-state index in [9.17, 15) is 4.79 Å². The lowest BCUT2D eigenvalue weighted by Gasteiger charge is -2.39. The number of ether oxygens (including phenoxy) is 1. The lowest BCUT2D eigenvalue weighted by Crippen LogP contribution is -2.46. The van der Waals surface area contributed by atoms with Gasteiger partial charge in [-0.2, -0.15) is 4.98 Å². The van der Waals surface area contributed by atoms with Crippen molar-refractivity contribution in [1.29, 1.82) is 0 Å². The summed E-state index contributed by atoms with van der Waals surface area (Å²) >= 11 is 6.03. The number of aryl methyl sites for hydroxylation is 2. The van der Waals surface area contributed by atoms with Crippen LogP contribution in [0.5, 0.6) is 0 Å². The summed E-state index contributed by atoms with van der Waals surface area (Å²) in [4.78, 5) is 27.0. The molecule has 0 saturated carbocycles. The van der Waals surface area contributed by atoms with E-state index in [0.717, 1.165) is 41.9 Å². The van der Waals surface area contributed by atoms with Crippen LogP contribution in [0.4, 0.5) is 0 Å². The molecule has 1 amide bonds. The average Bonchev–Trinajstić information content (AvgIpc) is 3.36. The maximum Gasteiger partial charge on any atom is 0.223 e. The van der Waals surface area contributed by atoms with Gasteiger partial charge in [0.1, 0.15) is 5.82 Å². The second-order valence-corrected chi connectivity index (χ2v) is 8.32. The van der Waals surface area contributed by atoms with Crippen LogP contribution in [0.15, 0.2) is 22.7 Å². The van der Waals surface area contributed by atoms with Crippen molar-refractivity contribution in [2.24, 2.45) is 0 Å². The lowest BCUT2D eigenvalue weighted by atomic mass is 9.75. The Balaban J connectivity index is 1.36. The number of rotatable bonds is 7. The van der Waals surface area contributed by atoms with Crippen molar-refractivity contribution >= 4 is 28.5 Å². The van der Waals surface area contributed by atoms with E-state index in [1.54, 1.807) is 14.0 Å². The van der Waals surface area contributed by atoms with Crippen LogP contribution in [0.25, 0.3) is 11.0 Å². The number of piperidine rings is 1. The van der Waals surface area contributed by atoms with Crippen LogP contribution in [0.1, 0.15) is 43.2 Å². The van der Waals surface area contributed by atoms with Gasteiger partial charge in [-0.1, -0.05) is 16.8 Å². The molecule has 9 heteroatoms. The van der Waals surface area contributed by atoms with E-state index in [1.807, 2.05) is 23.1 Å². The first-order chi connectivity index (χ1) is 14.5. The van der Waals surface area contributed by atoms with Crippen LogP contribution in [-0.2, 0) is 21.4 Å². The molecule has 4 rings (SSSR count). The first kappa shape index (κ1) is 20.8. The number of carbonyl (C=O) groups excluding carboxylic acids is 1. The minimum atomic E-state index is -0.206. The predicted molar refractivity (Wildman–Crippen MR) is 112 cm³/mol. The Labute approximate surface area is 179 Å². The molecule has 0 radical (unpaired) electrons. The highest BCUT2D eigenvalue weighted by Crippen LogP contribution is 2.37. The molecule has 1 aliphatic rings. The predicted octanol–water partition coefficient (Wildman–Crippen LogP) is 3.44.